The van der Waals surface area contributed by atoms with Crippen LogP contribution in [0.5, 0.6) is 0 Å². The number of fused-ring (bicyclic) bond motifs is 5. The number of aliphatic hydroxyl groups is 2. The number of nitrogens with one attached hydrogen (secondary N) is 1. The summed E-state index contributed by atoms with van der Waals surface area (Å²) in [7, 11) is -4.08. The summed E-state index contributed by atoms with van der Waals surface area (Å²) in [4.78, 5) is 12.5. The third kappa shape index (κ3) is 5.19. The van der Waals surface area contributed by atoms with Crippen LogP contribution in [0.2, 0.25) is 0 Å². The van der Waals surface area contributed by atoms with E-state index in [1.165, 1.54) is 6.42 Å². The van der Waals surface area contributed by atoms with Crippen LogP contribution < -0.4 is 5.32 Å². The lowest BCUT2D eigenvalue weighted by molar-refractivity contribution is -0.174. The Labute approximate surface area is 211 Å². The van der Waals surface area contributed by atoms with Crippen molar-refractivity contribution in [3.63, 3.8) is 0 Å². The van der Waals surface area contributed by atoms with Crippen molar-refractivity contribution in [1.29, 1.82) is 0 Å². The first kappa shape index (κ1) is 27.3. The third-order valence-corrected chi connectivity index (χ3v) is 12.0. The second-order valence-corrected chi connectivity index (χ2v) is 14.7. The van der Waals surface area contributed by atoms with Gasteiger partial charge >= 0.3 is 0 Å². The van der Waals surface area contributed by atoms with Crippen LogP contribution in [-0.4, -0.2) is 53.6 Å². The molecule has 4 fully saturated rings. The van der Waals surface area contributed by atoms with E-state index in [9.17, 15) is 23.4 Å². The highest BCUT2D eigenvalue weighted by atomic mass is 32.2. The van der Waals surface area contributed by atoms with E-state index in [0.717, 1.165) is 51.4 Å². The van der Waals surface area contributed by atoms with E-state index in [-0.39, 0.29) is 41.4 Å². The van der Waals surface area contributed by atoms with Crippen LogP contribution in [0.25, 0.3) is 0 Å². The van der Waals surface area contributed by atoms with E-state index in [4.69, 9.17) is 4.55 Å². The van der Waals surface area contributed by atoms with Gasteiger partial charge in [0.05, 0.1) is 18.0 Å². The Morgan fingerprint density at radius 1 is 1.00 bits per heavy atom. The molecule has 0 bridgehead atoms. The zero-order chi connectivity index (χ0) is 25.8. The van der Waals surface area contributed by atoms with Crippen LogP contribution in [0, 0.1) is 52.3 Å². The van der Waals surface area contributed by atoms with Crippen molar-refractivity contribution in [1.82, 2.24) is 5.32 Å². The Morgan fingerprint density at radius 2 is 1.66 bits per heavy atom. The fourth-order valence-electron chi connectivity index (χ4n) is 9.48. The van der Waals surface area contributed by atoms with Gasteiger partial charge < -0.3 is 15.5 Å². The molecule has 35 heavy (non-hydrogen) atoms. The number of aliphatic hydroxyl groups excluding tert-OH is 2. The standard InChI is InChI=1S/C27H47NO6S/c1-16(13-17(2)25(31)28-11-12-35(32,33)34)20-5-6-21-24-22(8-10-27(20,21)4)26(3)9-7-19(29)14-18(26)15-23(24)30/h16-24,29-30H,5-15H2,1-4H3,(H,28,31)(H,32,33,34)/t16-,17-,18?,19-,20-,21?,22?,23-,24?,26+,27-/m1/s1. The number of carbonyl (C=O) groups excluding carboxylic acids is 1. The van der Waals surface area contributed by atoms with Gasteiger partial charge in [-0.15, -0.1) is 0 Å². The van der Waals surface area contributed by atoms with E-state index in [1.807, 2.05) is 6.92 Å². The van der Waals surface area contributed by atoms with E-state index < -0.39 is 15.9 Å². The van der Waals surface area contributed by atoms with E-state index in [1.54, 1.807) is 0 Å². The zero-order valence-electron chi connectivity index (χ0n) is 21.9. The minimum atomic E-state index is -4.08. The fraction of sp³-hybridized carbons (Fsp3) is 0.963. The third-order valence-electron chi connectivity index (χ3n) is 11.2. The summed E-state index contributed by atoms with van der Waals surface area (Å²) < 4.78 is 30.7. The summed E-state index contributed by atoms with van der Waals surface area (Å²) in [5.41, 5.74) is 0.392. The van der Waals surface area contributed by atoms with E-state index in [2.05, 4.69) is 26.1 Å². The first-order valence-electron chi connectivity index (χ1n) is 13.8. The second kappa shape index (κ2) is 9.88. The summed E-state index contributed by atoms with van der Waals surface area (Å²) in [6, 6.07) is 0. The molecule has 8 heteroatoms. The number of amides is 1. The van der Waals surface area contributed by atoms with Crippen LogP contribution >= 0.6 is 0 Å². The molecule has 0 aliphatic heterocycles. The van der Waals surface area contributed by atoms with Gasteiger partial charge in [0.1, 0.15) is 0 Å². The van der Waals surface area contributed by atoms with Gasteiger partial charge in [-0.3, -0.25) is 9.35 Å². The van der Waals surface area contributed by atoms with Gasteiger partial charge in [0, 0.05) is 12.5 Å². The van der Waals surface area contributed by atoms with Crippen LogP contribution in [0.15, 0.2) is 0 Å². The van der Waals surface area contributed by atoms with Crippen molar-refractivity contribution in [2.24, 2.45) is 52.3 Å². The smallest absolute Gasteiger partial charge is 0.266 e. The Morgan fingerprint density at radius 3 is 2.34 bits per heavy atom. The summed E-state index contributed by atoms with van der Waals surface area (Å²) in [6.45, 7) is 8.95. The summed E-state index contributed by atoms with van der Waals surface area (Å²) in [6.07, 6.45) is 8.45. The molecule has 4 unspecified atom stereocenters. The van der Waals surface area contributed by atoms with Gasteiger partial charge in [-0.2, -0.15) is 8.42 Å². The molecular weight excluding hydrogens is 466 g/mol. The molecule has 4 rings (SSSR count). The maximum atomic E-state index is 12.5. The summed E-state index contributed by atoms with van der Waals surface area (Å²) in [5, 5.41) is 24.3. The van der Waals surface area contributed by atoms with Gasteiger partial charge in [-0.25, -0.2) is 0 Å². The largest absolute Gasteiger partial charge is 0.393 e. The average molecular weight is 514 g/mol. The first-order valence-corrected chi connectivity index (χ1v) is 15.5. The van der Waals surface area contributed by atoms with E-state index >= 15 is 0 Å². The van der Waals surface area contributed by atoms with Crippen molar-refractivity contribution in [3.8, 4) is 0 Å². The molecule has 0 aromatic heterocycles. The van der Waals surface area contributed by atoms with Crippen LogP contribution in [0.3, 0.4) is 0 Å². The van der Waals surface area contributed by atoms with Gasteiger partial charge in [0.25, 0.3) is 10.1 Å². The normalized spacial score (nSPS) is 45.1. The number of carbonyl (C=O) groups is 1. The van der Waals surface area contributed by atoms with Gasteiger partial charge in [-0.05, 0) is 104 Å². The number of rotatable bonds is 7. The van der Waals surface area contributed by atoms with Crippen LogP contribution in [0.4, 0.5) is 0 Å². The molecule has 202 valence electrons. The maximum absolute atomic E-state index is 12.5. The molecule has 0 aromatic carbocycles. The highest BCUT2D eigenvalue weighted by Crippen LogP contribution is 2.68. The maximum Gasteiger partial charge on any atom is 0.266 e. The Bertz CT molecular complexity index is 894. The van der Waals surface area contributed by atoms with Gasteiger partial charge in [-0.1, -0.05) is 27.7 Å². The SMILES string of the molecule is C[C@H](C[C@@H](C)[C@H]1CCC2C3C(CC[C@@]21C)[C@@]1(C)CC[C@@H](O)CC1C[C@H]3O)C(=O)NCCS(=O)(=O)O. The fourth-order valence-corrected chi connectivity index (χ4v) is 9.84. The molecule has 0 spiro atoms. The Balaban J connectivity index is 1.42. The molecule has 4 aliphatic rings. The molecule has 4 saturated carbocycles. The van der Waals surface area contributed by atoms with Crippen molar-refractivity contribution < 1.29 is 28.0 Å². The molecule has 0 saturated heterocycles. The molecule has 4 N–H and O–H groups in total. The minimum absolute atomic E-state index is 0.0721. The van der Waals surface area contributed by atoms with Crippen molar-refractivity contribution >= 4 is 16.0 Å². The van der Waals surface area contributed by atoms with Crippen molar-refractivity contribution in [3.05, 3.63) is 0 Å². The molecule has 0 aromatic rings. The topological polar surface area (TPSA) is 124 Å². The van der Waals surface area contributed by atoms with Crippen molar-refractivity contribution in [2.45, 2.75) is 97.7 Å². The monoisotopic (exact) mass is 513 g/mol. The molecule has 7 nitrogen and oxygen atoms in total. The van der Waals surface area contributed by atoms with Crippen molar-refractivity contribution in [2.75, 3.05) is 12.3 Å². The lowest BCUT2D eigenvalue weighted by Gasteiger charge is -2.62. The predicted molar refractivity (Wildman–Crippen MR) is 135 cm³/mol. The van der Waals surface area contributed by atoms with Crippen LogP contribution in [-0.2, 0) is 14.9 Å². The quantitative estimate of drug-likeness (QED) is 0.385. The predicted octanol–water partition coefficient (Wildman–Crippen LogP) is 3.64. The summed E-state index contributed by atoms with van der Waals surface area (Å²) in [5.74, 6) is 1.81. The number of hydrogen-bond donors (Lipinski definition) is 4. The molecular formula is C27H47NO6S. The molecule has 4 aliphatic carbocycles. The summed E-state index contributed by atoms with van der Waals surface area (Å²) >= 11 is 0. The zero-order valence-corrected chi connectivity index (χ0v) is 22.8. The Hall–Kier alpha value is -0.700. The van der Waals surface area contributed by atoms with Gasteiger partial charge in [0.15, 0.2) is 0 Å². The highest BCUT2D eigenvalue weighted by Gasteiger charge is 2.62. The molecule has 0 heterocycles. The molecule has 11 atom stereocenters. The van der Waals surface area contributed by atoms with Crippen LogP contribution in [0.1, 0.15) is 85.5 Å². The second-order valence-electron chi connectivity index (χ2n) is 13.1. The first-order chi connectivity index (χ1) is 16.3. The minimum Gasteiger partial charge on any atom is -0.393 e. The molecule has 1 amide bonds. The lowest BCUT2D eigenvalue weighted by Crippen LogP contribution is -2.58. The average Bonchev–Trinajstić information content (AvgIpc) is 3.11. The lowest BCUT2D eigenvalue weighted by atomic mass is 9.43. The molecule has 0 radical (unpaired) electrons. The van der Waals surface area contributed by atoms with E-state index in [0.29, 0.717) is 35.5 Å². The number of hydrogen-bond acceptors (Lipinski definition) is 5. The Kier molecular flexibility index (Phi) is 7.72. The van der Waals surface area contributed by atoms with Gasteiger partial charge in [0.2, 0.25) is 5.91 Å². The highest BCUT2D eigenvalue weighted by molar-refractivity contribution is 7.85.